The predicted octanol–water partition coefficient (Wildman–Crippen LogP) is 3.73. The quantitative estimate of drug-likeness (QED) is 0.845. The average molecular weight is 382 g/mol. The van der Waals surface area contributed by atoms with Crippen LogP contribution in [0.15, 0.2) is 35.4 Å². The van der Waals surface area contributed by atoms with Gasteiger partial charge in [0.05, 0.1) is 12.3 Å². The molecule has 3 unspecified atom stereocenters. The lowest BCUT2D eigenvalue weighted by Gasteiger charge is -2.39. The summed E-state index contributed by atoms with van der Waals surface area (Å²) < 4.78 is 0. The van der Waals surface area contributed by atoms with Crippen molar-refractivity contribution >= 4 is 17.5 Å². The molecule has 2 amide bonds. The fourth-order valence-electron chi connectivity index (χ4n) is 5.51. The molecule has 3 atom stereocenters. The number of benzene rings is 1. The van der Waals surface area contributed by atoms with Crippen molar-refractivity contribution in [3.05, 3.63) is 35.9 Å². The highest BCUT2D eigenvalue weighted by Crippen LogP contribution is 2.65. The van der Waals surface area contributed by atoms with Crippen molar-refractivity contribution < 1.29 is 9.59 Å². The maximum Gasteiger partial charge on any atom is 0.243 e. The molecule has 28 heavy (non-hydrogen) atoms. The minimum absolute atomic E-state index is 0.00520. The monoisotopic (exact) mass is 381 g/mol. The third-order valence-electron chi connectivity index (χ3n) is 7.89. The van der Waals surface area contributed by atoms with E-state index in [1.54, 1.807) is 0 Å². The first-order valence-electron chi connectivity index (χ1n) is 10.5. The predicted molar refractivity (Wildman–Crippen MR) is 110 cm³/mol. The number of hydrogen-bond acceptors (Lipinski definition) is 3. The zero-order chi connectivity index (χ0) is 19.9. The van der Waals surface area contributed by atoms with Crippen LogP contribution in [0.5, 0.6) is 0 Å². The van der Waals surface area contributed by atoms with Crippen molar-refractivity contribution in [3.8, 4) is 0 Å². The molecule has 3 aliphatic rings. The lowest BCUT2D eigenvalue weighted by Crippen LogP contribution is -2.47. The van der Waals surface area contributed by atoms with E-state index in [2.05, 4.69) is 31.2 Å². The number of nitrogens with zero attached hydrogens (tertiary/aromatic N) is 2. The number of hydrogen-bond donors (Lipinski definition) is 1. The molecule has 0 spiro atoms. The van der Waals surface area contributed by atoms with Gasteiger partial charge in [0, 0.05) is 25.3 Å². The second kappa shape index (κ2) is 7.02. The van der Waals surface area contributed by atoms with Crippen LogP contribution in [-0.4, -0.2) is 35.1 Å². The zero-order valence-corrected chi connectivity index (χ0v) is 17.2. The SMILES string of the molecule is CC1(C)C2CCC1(C)C(NC(=O)CCC(=O)N1CCC(c3ccccc3)=N1)C2. The number of amides is 2. The molecule has 2 bridgehead atoms. The number of fused-ring (bicyclic) bond motifs is 2. The fourth-order valence-corrected chi connectivity index (χ4v) is 5.51. The van der Waals surface area contributed by atoms with Gasteiger partial charge in [0.1, 0.15) is 0 Å². The molecular formula is C23H31N3O2. The lowest BCUT2D eigenvalue weighted by atomic mass is 9.69. The van der Waals surface area contributed by atoms with Crippen LogP contribution < -0.4 is 5.32 Å². The van der Waals surface area contributed by atoms with E-state index in [-0.39, 0.29) is 41.5 Å². The molecule has 4 rings (SSSR count). The van der Waals surface area contributed by atoms with Gasteiger partial charge < -0.3 is 5.32 Å². The summed E-state index contributed by atoms with van der Waals surface area (Å²) in [5.41, 5.74) is 2.44. The fraction of sp³-hybridized carbons (Fsp3) is 0.609. The number of carbonyl (C=O) groups is 2. The third-order valence-corrected chi connectivity index (χ3v) is 7.89. The van der Waals surface area contributed by atoms with Gasteiger partial charge in [-0.25, -0.2) is 5.01 Å². The summed E-state index contributed by atoms with van der Waals surface area (Å²) in [6, 6.07) is 10.2. The topological polar surface area (TPSA) is 61.8 Å². The van der Waals surface area contributed by atoms with Crippen LogP contribution in [0.4, 0.5) is 0 Å². The Balaban J connectivity index is 1.29. The molecule has 1 aromatic carbocycles. The van der Waals surface area contributed by atoms with E-state index in [0.29, 0.717) is 12.5 Å². The molecule has 0 saturated heterocycles. The highest BCUT2D eigenvalue weighted by Gasteiger charge is 2.61. The Morgan fingerprint density at radius 3 is 2.57 bits per heavy atom. The summed E-state index contributed by atoms with van der Waals surface area (Å²) in [6.07, 6.45) is 4.74. The summed E-state index contributed by atoms with van der Waals surface area (Å²) >= 11 is 0. The van der Waals surface area contributed by atoms with Crippen LogP contribution in [0, 0.1) is 16.7 Å². The molecule has 5 nitrogen and oxygen atoms in total. The maximum absolute atomic E-state index is 12.5. The Kier molecular flexibility index (Phi) is 4.80. The summed E-state index contributed by atoms with van der Waals surface area (Å²) in [4.78, 5) is 25.0. The molecule has 2 saturated carbocycles. The molecular weight excluding hydrogens is 350 g/mol. The van der Waals surface area contributed by atoms with Gasteiger partial charge >= 0.3 is 0 Å². The van der Waals surface area contributed by atoms with Gasteiger partial charge in [-0.15, -0.1) is 0 Å². The lowest BCUT2D eigenvalue weighted by molar-refractivity contribution is -0.133. The summed E-state index contributed by atoms with van der Waals surface area (Å²) in [5, 5.41) is 9.24. The van der Waals surface area contributed by atoms with Gasteiger partial charge in [-0.05, 0) is 41.6 Å². The first-order chi connectivity index (χ1) is 13.3. The second-order valence-electron chi connectivity index (χ2n) is 9.41. The summed E-state index contributed by atoms with van der Waals surface area (Å²) in [5.74, 6) is 0.620. The van der Waals surface area contributed by atoms with Crippen molar-refractivity contribution in [2.24, 2.45) is 21.8 Å². The third kappa shape index (κ3) is 3.15. The van der Waals surface area contributed by atoms with E-state index >= 15 is 0 Å². The van der Waals surface area contributed by atoms with Crippen molar-refractivity contribution in [1.82, 2.24) is 10.3 Å². The maximum atomic E-state index is 12.5. The first kappa shape index (κ1) is 19.2. The summed E-state index contributed by atoms with van der Waals surface area (Å²) in [6.45, 7) is 7.60. The molecule has 2 fully saturated rings. The molecule has 0 aromatic heterocycles. The highest BCUT2D eigenvalue weighted by atomic mass is 16.2. The molecule has 1 N–H and O–H groups in total. The number of carbonyl (C=O) groups excluding carboxylic acids is 2. The normalized spacial score (nSPS) is 30.4. The number of nitrogens with one attached hydrogen (secondary N) is 1. The van der Waals surface area contributed by atoms with E-state index in [1.807, 2.05) is 30.3 Å². The largest absolute Gasteiger partial charge is 0.353 e. The van der Waals surface area contributed by atoms with E-state index in [1.165, 1.54) is 17.9 Å². The minimum atomic E-state index is -0.0689. The molecule has 1 aliphatic heterocycles. The molecule has 1 heterocycles. The van der Waals surface area contributed by atoms with Gasteiger partial charge in [-0.3, -0.25) is 9.59 Å². The van der Waals surface area contributed by atoms with Crippen molar-refractivity contribution in [3.63, 3.8) is 0 Å². The van der Waals surface area contributed by atoms with Crippen LogP contribution in [0.2, 0.25) is 0 Å². The molecule has 150 valence electrons. The highest BCUT2D eigenvalue weighted by molar-refractivity contribution is 6.02. The number of hydrazone groups is 1. The van der Waals surface area contributed by atoms with Crippen LogP contribution in [0.25, 0.3) is 0 Å². The molecule has 2 aliphatic carbocycles. The van der Waals surface area contributed by atoms with E-state index in [4.69, 9.17) is 0 Å². The van der Waals surface area contributed by atoms with Gasteiger partial charge in [-0.1, -0.05) is 51.1 Å². The van der Waals surface area contributed by atoms with E-state index < -0.39 is 0 Å². The van der Waals surface area contributed by atoms with Crippen LogP contribution >= 0.6 is 0 Å². The van der Waals surface area contributed by atoms with Gasteiger partial charge in [0.15, 0.2) is 0 Å². The van der Waals surface area contributed by atoms with Crippen LogP contribution in [-0.2, 0) is 9.59 Å². The Labute approximate surface area is 167 Å². The van der Waals surface area contributed by atoms with Crippen LogP contribution in [0.1, 0.15) is 64.9 Å². The second-order valence-corrected chi connectivity index (χ2v) is 9.41. The number of rotatable bonds is 5. The Bertz CT molecular complexity index is 801. The minimum Gasteiger partial charge on any atom is -0.353 e. The van der Waals surface area contributed by atoms with Crippen molar-refractivity contribution in [1.29, 1.82) is 0 Å². The van der Waals surface area contributed by atoms with E-state index in [0.717, 1.165) is 24.1 Å². The van der Waals surface area contributed by atoms with Crippen LogP contribution in [0.3, 0.4) is 0 Å². The smallest absolute Gasteiger partial charge is 0.243 e. The average Bonchev–Trinajstić information content (AvgIpc) is 3.31. The first-order valence-corrected chi connectivity index (χ1v) is 10.5. The molecule has 5 heteroatoms. The Hall–Kier alpha value is -2.17. The zero-order valence-electron chi connectivity index (χ0n) is 17.2. The van der Waals surface area contributed by atoms with Gasteiger partial charge in [0.25, 0.3) is 0 Å². The Morgan fingerprint density at radius 2 is 1.93 bits per heavy atom. The Morgan fingerprint density at radius 1 is 1.18 bits per heavy atom. The molecule has 0 radical (unpaired) electrons. The standard InChI is InChI=1S/C23H31N3O2/c1-22(2)17-11-13-23(22,3)19(15-17)24-20(27)9-10-21(28)26-14-12-18(25-26)16-7-5-4-6-8-16/h4-8,17,19H,9-15H2,1-3H3,(H,24,27). The van der Waals surface area contributed by atoms with Crippen molar-refractivity contribution in [2.45, 2.75) is 65.3 Å². The van der Waals surface area contributed by atoms with Crippen molar-refractivity contribution in [2.75, 3.05) is 6.54 Å². The summed E-state index contributed by atoms with van der Waals surface area (Å²) in [7, 11) is 0. The van der Waals surface area contributed by atoms with E-state index in [9.17, 15) is 9.59 Å². The van der Waals surface area contributed by atoms with Gasteiger partial charge in [0.2, 0.25) is 11.8 Å². The molecule has 1 aromatic rings. The van der Waals surface area contributed by atoms with Gasteiger partial charge in [-0.2, -0.15) is 5.10 Å².